The predicted molar refractivity (Wildman–Crippen MR) is 109 cm³/mol. The van der Waals surface area contributed by atoms with Crippen LogP contribution in [0.25, 0.3) is 0 Å². The van der Waals surface area contributed by atoms with Crippen LogP contribution in [-0.2, 0) is 20.9 Å². The number of nitrogens with zero attached hydrogens (tertiary/aromatic N) is 2. The molecule has 3 rings (SSSR count). The van der Waals surface area contributed by atoms with Crippen molar-refractivity contribution in [3.05, 3.63) is 34.9 Å². The molecule has 0 spiro atoms. The van der Waals surface area contributed by atoms with Crippen LogP contribution in [0.5, 0.6) is 0 Å². The van der Waals surface area contributed by atoms with Crippen LogP contribution in [0.2, 0.25) is 5.02 Å². The minimum absolute atomic E-state index is 0.000538. The maximum absolute atomic E-state index is 12.8. The Labute approximate surface area is 172 Å². The van der Waals surface area contributed by atoms with Gasteiger partial charge in [0.05, 0.1) is 18.8 Å². The van der Waals surface area contributed by atoms with Crippen molar-refractivity contribution in [3.63, 3.8) is 0 Å². The third-order valence-electron chi connectivity index (χ3n) is 5.41. The van der Waals surface area contributed by atoms with Crippen LogP contribution in [0.4, 0.5) is 0 Å². The van der Waals surface area contributed by atoms with Gasteiger partial charge in [-0.3, -0.25) is 14.5 Å². The summed E-state index contributed by atoms with van der Waals surface area (Å²) < 4.78 is 5.72. The Kier molecular flexibility index (Phi) is 7.32. The number of carbonyl (C=O) groups excluding carboxylic acids is 2. The quantitative estimate of drug-likeness (QED) is 0.813. The summed E-state index contributed by atoms with van der Waals surface area (Å²) in [4.78, 5) is 29.1. The molecule has 0 bridgehead atoms. The summed E-state index contributed by atoms with van der Waals surface area (Å²) in [5.41, 5.74) is 0.985. The van der Waals surface area contributed by atoms with Gasteiger partial charge in [0, 0.05) is 30.6 Å². The van der Waals surface area contributed by atoms with Crippen LogP contribution >= 0.6 is 11.6 Å². The third kappa shape index (κ3) is 5.93. The van der Waals surface area contributed by atoms with Crippen molar-refractivity contribution in [1.82, 2.24) is 15.1 Å². The molecular weight excluding hydrogens is 378 g/mol. The number of ether oxygens (including phenoxy) is 1. The van der Waals surface area contributed by atoms with E-state index in [2.05, 4.69) is 10.2 Å². The second-order valence-electron chi connectivity index (χ2n) is 7.96. The Balaban J connectivity index is 1.40. The summed E-state index contributed by atoms with van der Waals surface area (Å²) in [5, 5.41) is 3.61. The van der Waals surface area contributed by atoms with E-state index in [1.54, 1.807) is 0 Å². The van der Waals surface area contributed by atoms with Crippen LogP contribution < -0.4 is 5.32 Å². The number of likely N-dealkylation sites (tertiary alicyclic amines) is 1. The van der Waals surface area contributed by atoms with Crippen molar-refractivity contribution >= 4 is 23.4 Å². The number of hydrogen-bond donors (Lipinski definition) is 1. The number of morpholine rings is 1. The highest BCUT2D eigenvalue weighted by Gasteiger charge is 2.32. The van der Waals surface area contributed by atoms with Gasteiger partial charge in [-0.25, -0.2) is 0 Å². The third-order valence-corrected chi connectivity index (χ3v) is 5.65. The van der Waals surface area contributed by atoms with Gasteiger partial charge in [-0.05, 0) is 57.5 Å². The van der Waals surface area contributed by atoms with Gasteiger partial charge in [-0.2, -0.15) is 0 Å². The topological polar surface area (TPSA) is 61.9 Å². The fraction of sp³-hybridized carbons (Fsp3) is 0.619. The zero-order chi connectivity index (χ0) is 20.1. The number of hydrogen-bond acceptors (Lipinski definition) is 4. The molecule has 2 aliphatic rings. The number of piperidine rings is 1. The molecule has 7 heteroatoms. The SMILES string of the molecule is CC1CN(C(=O)C2CCN(CC(=O)NCc3cccc(Cl)c3)CC2)CC(C)O1. The standard InChI is InChI=1S/C21H30ClN3O3/c1-15-12-25(13-16(2)28-15)21(27)18-6-8-24(9-7-18)14-20(26)23-11-17-4-3-5-19(22)10-17/h3-5,10,15-16,18H,6-9,11-14H2,1-2H3,(H,23,26). The number of benzene rings is 1. The first-order chi connectivity index (χ1) is 13.4. The van der Waals surface area contributed by atoms with Gasteiger partial charge in [0.15, 0.2) is 0 Å². The maximum Gasteiger partial charge on any atom is 0.234 e. The molecule has 0 aromatic heterocycles. The average Bonchev–Trinajstić information content (AvgIpc) is 2.66. The highest BCUT2D eigenvalue weighted by molar-refractivity contribution is 6.30. The van der Waals surface area contributed by atoms with Gasteiger partial charge in [-0.1, -0.05) is 23.7 Å². The van der Waals surface area contributed by atoms with Crippen molar-refractivity contribution < 1.29 is 14.3 Å². The molecule has 2 aliphatic heterocycles. The van der Waals surface area contributed by atoms with Crippen molar-refractivity contribution in [2.45, 2.75) is 45.4 Å². The summed E-state index contributed by atoms with van der Waals surface area (Å²) in [6, 6.07) is 7.49. The lowest BCUT2D eigenvalue weighted by Gasteiger charge is -2.39. The molecule has 2 unspecified atom stereocenters. The molecule has 1 aromatic rings. The highest BCUT2D eigenvalue weighted by atomic mass is 35.5. The Bertz CT molecular complexity index is 681. The monoisotopic (exact) mass is 407 g/mol. The summed E-state index contributed by atoms with van der Waals surface area (Å²) in [7, 11) is 0. The number of carbonyl (C=O) groups is 2. The highest BCUT2D eigenvalue weighted by Crippen LogP contribution is 2.22. The van der Waals surface area contributed by atoms with Crippen molar-refractivity contribution in [2.75, 3.05) is 32.7 Å². The molecule has 28 heavy (non-hydrogen) atoms. The number of halogens is 1. The van der Waals surface area contributed by atoms with Crippen molar-refractivity contribution in [1.29, 1.82) is 0 Å². The molecule has 1 N–H and O–H groups in total. The van der Waals surface area contributed by atoms with E-state index in [0.29, 0.717) is 31.2 Å². The first-order valence-corrected chi connectivity index (χ1v) is 10.5. The fourth-order valence-corrected chi connectivity index (χ4v) is 4.27. The maximum atomic E-state index is 12.8. The van der Waals surface area contributed by atoms with E-state index < -0.39 is 0 Å². The minimum atomic E-state index is 0.000538. The molecule has 1 aromatic carbocycles. The second kappa shape index (κ2) is 9.72. The van der Waals surface area contributed by atoms with E-state index in [4.69, 9.17) is 16.3 Å². The van der Waals surface area contributed by atoms with Gasteiger partial charge in [0.2, 0.25) is 11.8 Å². The first-order valence-electron chi connectivity index (χ1n) is 10.1. The fourth-order valence-electron chi connectivity index (χ4n) is 4.06. The van der Waals surface area contributed by atoms with Crippen molar-refractivity contribution in [2.24, 2.45) is 5.92 Å². The van der Waals surface area contributed by atoms with E-state index in [0.717, 1.165) is 31.5 Å². The second-order valence-corrected chi connectivity index (χ2v) is 8.39. The molecule has 2 atom stereocenters. The van der Waals surface area contributed by atoms with Gasteiger partial charge in [0.25, 0.3) is 0 Å². The lowest BCUT2D eigenvalue weighted by molar-refractivity contribution is -0.148. The van der Waals surface area contributed by atoms with Crippen LogP contribution in [0, 0.1) is 5.92 Å². The molecule has 2 fully saturated rings. The minimum Gasteiger partial charge on any atom is -0.372 e. The summed E-state index contributed by atoms with van der Waals surface area (Å²) in [6.07, 6.45) is 1.80. The molecule has 154 valence electrons. The van der Waals surface area contributed by atoms with Crippen LogP contribution in [0.1, 0.15) is 32.3 Å². The van der Waals surface area contributed by atoms with Gasteiger partial charge >= 0.3 is 0 Å². The lowest BCUT2D eigenvalue weighted by Crippen LogP contribution is -2.51. The Morgan fingerprint density at radius 1 is 1.18 bits per heavy atom. The van der Waals surface area contributed by atoms with Crippen LogP contribution in [0.15, 0.2) is 24.3 Å². The Morgan fingerprint density at radius 2 is 1.86 bits per heavy atom. The van der Waals surface area contributed by atoms with E-state index in [9.17, 15) is 9.59 Å². The van der Waals surface area contributed by atoms with Gasteiger partial charge in [0.1, 0.15) is 0 Å². The molecule has 2 amide bonds. The molecule has 0 saturated carbocycles. The van der Waals surface area contributed by atoms with Crippen LogP contribution in [-0.4, -0.2) is 66.5 Å². The average molecular weight is 408 g/mol. The number of nitrogens with one attached hydrogen (secondary N) is 1. The van der Waals surface area contributed by atoms with Crippen LogP contribution in [0.3, 0.4) is 0 Å². The van der Waals surface area contributed by atoms with Gasteiger partial charge in [-0.15, -0.1) is 0 Å². The van der Waals surface area contributed by atoms with E-state index in [1.807, 2.05) is 43.0 Å². The van der Waals surface area contributed by atoms with Gasteiger partial charge < -0.3 is 15.0 Å². The largest absolute Gasteiger partial charge is 0.372 e. The smallest absolute Gasteiger partial charge is 0.234 e. The Morgan fingerprint density at radius 3 is 2.50 bits per heavy atom. The van der Waals surface area contributed by atoms with E-state index in [-0.39, 0.29) is 29.9 Å². The normalized spacial score (nSPS) is 24.2. The lowest BCUT2D eigenvalue weighted by atomic mass is 9.94. The zero-order valence-electron chi connectivity index (χ0n) is 16.7. The summed E-state index contributed by atoms with van der Waals surface area (Å²) in [6.45, 7) is 7.77. The molecule has 2 saturated heterocycles. The molecule has 0 radical (unpaired) electrons. The predicted octanol–water partition coefficient (Wildman–Crippen LogP) is 2.30. The number of rotatable bonds is 5. The first kappa shape index (κ1) is 21.1. The number of amides is 2. The molecule has 6 nitrogen and oxygen atoms in total. The molecule has 2 heterocycles. The Hall–Kier alpha value is -1.63. The van der Waals surface area contributed by atoms with E-state index in [1.165, 1.54) is 0 Å². The summed E-state index contributed by atoms with van der Waals surface area (Å²) in [5.74, 6) is 0.302. The molecule has 0 aliphatic carbocycles. The van der Waals surface area contributed by atoms with Crippen molar-refractivity contribution in [3.8, 4) is 0 Å². The molecular formula is C21H30ClN3O3. The summed E-state index contributed by atoms with van der Waals surface area (Å²) >= 11 is 5.97. The zero-order valence-corrected chi connectivity index (χ0v) is 17.5. The van der Waals surface area contributed by atoms with E-state index >= 15 is 0 Å².